The molecule has 0 spiro atoms. The number of nitrogens with one attached hydrogen (secondary N) is 1. The van der Waals surface area contributed by atoms with E-state index in [9.17, 15) is 33.7 Å². The molecule has 2 fully saturated rings. The molecule has 0 amide bonds. The Hall–Kier alpha value is -1.80. The van der Waals surface area contributed by atoms with Gasteiger partial charge in [-0.2, -0.15) is 0 Å². The van der Waals surface area contributed by atoms with Gasteiger partial charge < -0.3 is 19.8 Å². The minimum absolute atomic E-state index is 0.671. The summed E-state index contributed by atoms with van der Waals surface area (Å²) in [4.78, 5) is 34.3. The van der Waals surface area contributed by atoms with E-state index in [1.807, 2.05) is 10.9 Å². The number of H-pyrrole nitrogens is 1. The molecule has 2 heterocycles. The minimum Gasteiger partial charge on any atom is -0.380 e. The molecule has 10 nitrogen and oxygen atoms in total. The molecule has 1 aliphatic heterocycles. The van der Waals surface area contributed by atoms with Gasteiger partial charge in [-0.3, -0.25) is 23.4 Å². The molecule has 3 rings (SSSR count). The van der Waals surface area contributed by atoms with E-state index < -0.39 is 54.7 Å². The number of fused-ring (bicyclic) bond motifs is 1. The van der Waals surface area contributed by atoms with Gasteiger partial charge in [-0.05, 0) is 0 Å². The Kier molecular flexibility index (Phi) is 3.68. The first-order valence-corrected chi connectivity index (χ1v) is 8.96. The van der Waals surface area contributed by atoms with Crippen molar-refractivity contribution in [2.24, 2.45) is 0 Å². The molecule has 4 N–H and O–H groups in total. The number of aliphatic hydroxyl groups is 2. The van der Waals surface area contributed by atoms with Gasteiger partial charge in [-0.25, -0.2) is 9.18 Å². The van der Waals surface area contributed by atoms with Crippen LogP contribution in [0.1, 0.15) is 6.23 Å². The van der Waals surface area contributed by atoms with Crippen molar-refractivity contribution in [1.29, 1.82) is 0 Å². The number of nitrogens with zero attached hydrogens (tertiary/aromatic N) is 1. The lowest BCUT2D eigenvalue weighted by Gasteiger charge is -2.32. The van der Waals surface area contributed by atoms with Crippen molar-refractivity contribution in [3.63, 3.8) is 0 Å². The Labute approximate surface area is 139 Å². The number of aromatic nitrogens is 2. The van der Waals surface area contributed by atoms with Crippen molar-refractivity contribution in [3.05, 3.63) is 33.1 Å². The minimum atomic E-state index is -4.19. The first-order valence-electron chi connectivity index (χ1n) is 6.93. The van der Waals surface area contributed by atoms with Crippen LogP contribution in [0.2, 0.25) is 0 Å². The number of aromatic amines is 1. The summed E-state index contributed by atoms with van der Waals surface area (Å²) in [5, 5.41) is 21.5. The van der Waals surface area contributed by atoms with E-state index in [1.165, 1.54) is 0 Å². The Bertz CT molecular complexity index is 933. The van der Waals surface area contributed by atoms with Gasteiger partial charge in [0, 0.05) is 18.9 Å². The average Bonchev–Trinajstić information content (AvgIpc) is 2.93. The number of terminal acetylenes is 1. The zero-order chi connectivity index (χ0) is 18.8. The fraction of sp³-hybridized carbons (Fsp3) is 0.538. The van der Waals surface area contributed by atoms with Gasteiger partial charge in [-0.1, -0.05) is 5.92 Å². The predicted molar refractivity (Wildman–Crippen MR) is 79.5 cm³/mol. The molecule has 25 heavy (non-hydrogen) atoms. The van der Waals surface area contributed by atoms with Crippen LogP contribution in [0.5, 0.6) is 0 Å². The molecule has 0 radical (unpaired) electrons. The van der Waals surface area contributed by atoms with Crippen molar-refractivity contribution in [2.75, 3.05) is 13.3 Å². The molecular formula is C13H14FN2O8P. The molecule has 2 aliphatic rings. The second-order valence-electron chi connectivity index (χ2n) is 5.98. The highest BCUT2D eigenvalue weighted by Gasteiger charge is 2.94. The van der Waals surface area contributed by atoms with Crippen molar-refractivity contribution in [2.45, 2.75) is 29.1 Å². The van der Waals surface area contributed by atoms with Crippen LogP contribution in [-0.4, -0.2) is 60.9 Å². The zero-order valence-corrected chi connectivity index (χ0v) is 13.6. The molecular weight excluding hydrogens is 362 g/mol. The Balaban J connectivity index is 2.11. The van der Waals surface area contributed by atoms with Crippen LogP contribution in [0.4, 0.5) is 4.39 Å². The molecule has 0 aromatic carbocycles. The van der Waals surface area contributed by atoms with Gasteiger partial charge in [0.2, 0.25) is 5.60 Å². The molecule has 136 valence electrons. The van der Waals surface area contributed by atoms with Gasteiger partial charge in [0.05, 0.1) is 0 Å². The van der Waals surface area contributed by atoms with Crippen LogP contribution in [0.3, 0.4) is 0 Å². The normalized spacial score (nSPS) is 41.6. The second-order valence-corrected chi connectivity index (χ2v) is 7.79. The second kappa shape index (κ2) is 5.11. The topological polar surface area (TPSA) is 151 Å². The Morgan fingerprint density at radius 2 is 2.20 bits per heavy atom. The molecule has 6 atom stereocenters. The molecule has 2 unspecified atom stereocenters. The number of hydrogen-bond donors (Lipinski definition) is 4. The fourth-order valence-electron chi connectivity index (χ4n) is 3.22. The van der Waals surface area contributed by atoms with E-state index in [0.717, 1.165) is 18.9 Å². The van der Waals surface area contributed by atoms with Crippen LogP contribution in [0.15, 0.2) is 21.9 Å². The standard InChI is InChI=1S/C13H14FN2O8P/c1-3-11(19)9(16-5-4-7(17)15-10(16)18)23-12(6-14)8(13(11,12)20)24-25(2,21)22/h1,4-5,8-9,19-20H,6H2,2H3,(H,21,22)(H,15,17,18)/t8?,9-,11+,12-,13-/m1/s1. The van der Waals surface area contributed by atoms with Crippen LogP contribution in [0, 0.1) is 12.3 Å². The van der Waals surface area contributed by atoms with Crippen molar-refractivity contribution >= 4 is 7.60 Å². The van der Waals surface area contributed by atoms with Gasteiger partial charge in [0.1, 0.15) is 12.8 Å². The number of ether oxygens (including phenoxy) is 1. The maximum atomic E-state index is 13.7. The van der Waals surface area contributed by atoms with Crippen molar-refractivity contribution in [1.82, 2.24) is 9.55 Å². The van der Waals surface area contributed by atoms with Crippen LogP contribution in [0.25, 0.3) is 0 Å². The molecule has 0 bridgehead atoms. The van der Waals surface area contributed by atoms with Crippen molar-refractivity contribution in [3.8, 4) is 12.3 Å². The fourth-order valence-corrected chi connectivity index (χ4v) is 3.93. The summed E-state index contributed by atoms with van der Waals surface area (Å²) < 4.78 is 35.8. The summed E-state index contributed by atoms with van der Waals surface area (Å²) in [5.41, 5.74) is -9.27. The molecule has 1 aromatic rings. The third-order valence-corrected chi connectivity index (χ3v) is 5.05. The summed E-state index contributed by atoms with van der Waals surface area (Å²) in [6.45, 7) is -0.623. The quantitative estimate of drug-likeness (QED) is 0.351. The largest absolute Gasteiger partial charge is 0.380 e. The van der Waals surface area contributed by atoms with Gasteiger partial charge >= 0.3 is 13.3 Å². The lowest BCUT2D eigenvalue weighted by Crippen LogP contribution is -2.52. The lowest BCUT2D eigenvalue weighted by molar-refractivity contribution is -0.145. The lowest BCUT2D eigenvalue weighted by atomic mass is 9.92. The van der Waals surface area contributed by atoms with Crippen LogP contribution >= 0.6 is 7.60 Å². The number of alkyl halides is 1. The average molecular weight is 376 g/mol. The highest BCUT2D eigenvalue weighted by molar-refractivity contribution is 7.51. The zero-order valence-electron chi connectivity index (χ0n) is 12.7. The first-order chi connectivity index (χ1) is 11.5. The molecule has 1 aromatic heterocycles. The van der Waals surface area contributed by atoms with E-state index >= 15 is 0 Å². The maximum absolute atomic E-state index is 13.7. The van der Waals surface area contributed by atoms with Crippen LogP contribution < -0.4 is 11.2 Å². The third-order valence-electron chi connectivity index (χ3n) is 4.45. The number of rotatable bonds is 4. The summed E-state index contributed by atoms with van der Waals surface area (Å²) >= 11 is 0. The van der Waals surface area contributed by atoms with E-state index in [2.05, 4.69) is 0 Å². The van der Waals surface area contributed by atoms with Crippen molar-refractivity contribution < 1.29 is 33.3 Å². The predicted octanol–water partition coefficient (Wildman–Crippen LogP) is -1.92. The van der Waals surface area contributed by atoms with Crippen LogP contribution in [-0.2, 0) is 13.8 Å². The van der Waals surface area contributed by atoms with E-state index in [1.54, 1.807) is 0 Å². The maximum Gasteiger partial charge on any atom is 0.330 e. The highest BCUT2D eigenvalue weighted by Crippen LogP contribution is 2.70. The summed E-state index contributed by atoms with van der Waals surface area (Å²) in [6, 6.07) is 0.930. The third kappa shape index (κ3) is 2.13. The molecule has 1 saturated heterocycles. The van der Waals surface area contributed by atoms with Gasteiger partial charge in [0.15, 0.2) is 17.4 Å². The first kappa shape index (κ1) is 18.0. The SMILES string of the molecule is C#C[C@]1(O)[C@H](n2ccc(=O)[nH]c2=O)O[C@]2(CF)C(OP(C)(=O)O)[C@]21O. The van der Waals surface area contributed by atoms with Gasteiger partial charge in [0.25, 0.3) is 5.56 Å². The summed E-state index contributed by atoms with van der Waals surface area (Å²) in [5.74, 6) is 1.85. The van der Waals surface area contributed by atoms with E-state index in [-0.39, 0.29) is 0 Å². The Morgan fingerprint density at radius 3 is 2.68 bits per heavy atom. The summed E-state index contributed by atoms with van der Waals surface area (Å²) in [7, 11) is -4.19. The van der Waals surface area contributed by atoms with E-state index in [4.69, 9.17) is 15.7 Å². The van der Waals surface area contributed by atoms with E-state index in [0.29, 0.717) is 4.57 Å². The van der Waals surface area contributed by atoms with Gasteiger partial charge in [-0.15, -0.1) is 6.42 Å². The summed E-state index contributed by atoms with van der Waals surface area (Å²) in [6.07, 6.45) is 2.73. The smallest absolute Gasteiger partial charge is 0.330 e. The highest BCUT2D eigenvalue weighted by atomic mass is 31.2. The number of halogens is 1. The molecule has 1 saturated carbocycles. The number of hydrogen-bond acceptors (Lipinski definition) is 7. The Morgan fingerprint density at radius 1 is 1.56 bits per heavy atom. The monoisotopic (exact) mass is 376 g/mol. The molecule has 1 aliphatic carbocycles. The molecule has 12 heteroatoms.